The summed E-state index contributed by atoms with van der Waals surface area (Å²) in [6.07, 6.45) is 1.28. The lowest BCUT2D eigenvalue weighted by Crippen LogP contribution is -2.58. The van der Waals surface area contributed by atoms with E-state index in [1.165, 1.54) is 23.1 Å². The summed E-state index contributed by atoms with van der Waals surface area (Å²) in [4.78, 5) is 57.7. The first kappa shape index (κ1) is 53.6. The van der Waals surface area contributed by atoms with Gasteiger partial charge in [0.2, 0.25) is 17.7 Å². The number of carbonyl (C=O) groups excluding carboxylic acids is 4. The molecule has 1 aliphatic heterocycles. The Balaban J connectivity index is 1.08. The van der Waals surface area contributed by atoms with Crippen molar-refractivity contribution in [2.24, 2.45) is 5.92 Å². The summed E-state index contributed by atoms with van der Waals surface area (Å²) in [6.45, 7) is 3.71. The molecule has 9 nitrogen and oxygen atoms in total. The molecule has 4 N–H and O–H groups in total. The predicted molar refractivity (Wildman–Crippen MR) is 301 cm³/mol. The van der Waals surface area contributed by atoms with E-state index in [1.54, 1.807) is 17.8 Å². The number of amides is 3. The molecule has 1 aliphatic rings. The Labute approximate surface area is 447 Å². The van der Waals surface area contributed by atoms with Gasteiger partial charge in [0.25, 0.3) is 0 Å². The molecule has 1 aromatic heterocycles. The Hall–Kier alpha value is -6.70. The minimum absolute atomic E-state index is 0.0899. The molecule has 0 bridgehead atoms. The molecule has 3 amide bonds. The largest absolute Gasteiger partial charge is 0.457 e. The molecule has 5 atom stereocenters. The van der Waals surface area contributed by atoms with E-state index in [1.807, 2.05) is 110 Å². The van der Waals surface area contributed by atoms with Crippen LogP contribution < -0.4 is 16.0 Å². The maximum atomic E-state index is 14.8. The van der Waals surface area contributed by atoms with Crippen molar-refractivity contribution < 1.29 is 29.0 Å². The predicted octanol–water partition coefficient (Wildman–Crippen LogP) is 10.9. The highest BCUT2D eigenvalue weighted by Gasteiger charge is 2.41. The average molecular weight is 1040 g/mol. The van der Waals surface area contributed by atoms with Crippen molar-refractivity contribution in [2.45, 2.75) is 79.4 Å². The number of nitrogens with one attached hydrogen (secondary N) is 3. The number of benzene rings is 6. The standard InChI is InChI=1S/C62H63N3O6S3/c1-44(2)58-55(66)41-57(68)71-52(35-21-22-37-73-61(46-23-9-3-10-24-46,47-25-11-4-12-26-47)48-27-13-5-14-28-48)40-56(67)63-53(39-45-36-38-72-42-45)59(69)64-54(60(70)65-58)43-74-62(49-29-15-6-16-30-49,50-31-17-7-18-32-50)51-33-19-8-20-34-51/h3-21,23-36,38,42,44,52-55,58,66H,22,37,39-41,43H2,1-2H3,(H,63,67)(H,64,69)(H,65,70)/t52-,53-,54-,55+,58-/m1/s1. The third kappa shape index (κ3) is 13.1. The first-order chi connectivity index (χ1) is 36.1. The smallest absolute Gasteiger partial charge is 0.309 e. The molecular formula is C62H63N3O6S3. The van der Waals surface area contributed by atoms with Gasteiger partial charge >= 0.3 is 5.97 Å². The molecule has 0 spiro atoms. The van der Waals surface area contributed by atoms with Crippen LogP contribution in [-0.4, -0.2) is 70.6 Å². The highest BCUT2D eigenvalue weighted by atomic mass is 32.2. The van der Waals surface area contributed by atoms with Crippen LogP contribution in [0.2, 0.25) is 0 Å². The summed E-state index contributed by atoms with van der Waals surface area (Å²) < 4.78 is 4.64. The SMILES string of the molecule is CC(C)[C@H]1NC(=O)[C@@H](CSC(c2ccccc2)(c2ccccc2)c2ccccc2)NC(=O)[C@@H](Cc2ccsc2)NC(=O)C[C@@H](C=CCCSC(c2ccccc2)(c2ccccc2)c2ccccc2)OC(=O)C[C@@H]1O. The Morgan fingerprint density at radius 3 is 1.47 bits per heavy atom. The number of hydrogen-bond donors (Lipinski definition) is 4. The van der Waals surface area contributed by atoms with Crippen LogP contribution in [0.5, 0.6) is 0 Å². The number of thioether (sulfide) groups is 2. The molecule has 8 rings (SSSR count). The van der Waals surface area contributed by atoms with E-state index in [2.05, 4.69) is 125 Å². The van der Waals surface area contributed by atoms with Crippen LogP contribution in [0.3, 0.4) is 0 Å². The van der Waals surface area contributed by atoms with Gasteiger partial charge in [-0.25, -0.2) is 0 Å². The van der Waals surface area contributed by atoms with E-state index in [0.29, 0.717) is 12.2 Å². The van der Waals surface area contributed by atoms with E-state index in [9.17, 15) is 24.3 Å². The molecule has 1 saturated heterocycles. The van der Waals surface area contributed by atoms with Crippen molar-refractivity contribution in [3.05, 3.63) is 250 Å². The van der Waals surface area contributed by atoms with Crippen LogP contribution >= 0.6 is 34.9 Å². The first-order valence-electron chi connectivity index (χ1n) is 25.1. The fourth-order valence-corrected chi connectivity index (χ4v) is 13.4. The van der Waals surface area contributed by atoms with Crippen LogP contribution in [-0.2, 0) is 39.8 Å². The van der Waals surface area contributed by atoms with Gasteiger partial charge < -0.3 is 25.8 Å². The molecule has 1 fully saturated rings. The molecular weight excluding hydrogens is 979 g/mol. The fourth-order valence-electron chi connectivity index (χ4n) is 9.65. The van der Waals surface area contributed by atoms with E-state index in [0.717, 1.165) is 38.9 Å². The van der Waals surface area contributed by atoms with Crippen LogP contribution in [0.25, 0.3) is 0 Å². The maximum Gasteiger partial charge on any atom is 0.309 e. The van der Waals surface area contributed by atoms with Gasteiger partial charge in [-0.3, -0.25) is 19.2 Å². The second-order valence-corrected chi connectivity index (χ2v) is 22.1. The molecule has 74 heavy (non-hydrogen) atoms. The number of ether oxygens (including phenoxy) is 1. The minimum Gasteiger partial charge on any atom is -0.457 e. The Bertz CT molecular complexity index is 2700. The lowest BCUT2D eigenvalue weighted by molar-refractivity contribution is -0.151. The zero-order valence-electron chi connectivity index (χ0n) is 41.6. The number of hydrogen-bond acceptors (Lipinski definition) is 9. The molecule has 0 aliphatic carbocycles. The third-order valence-electron chi connectivity index (χ3n) is 13.3. The lowest BCUT2D eigenvalue weighted by atomic mass is 9.84. The highest BCUT2D eigenvalue weighted by molar-refractivity contribution is 8.00. The molecule has 7 aromatic rings. The van der Waals surface area contributed by atoms with E-state index in [-0.39, 0.29) is 24.5 Å². The Kier molecular flexibility index (Phi) is 18.8. The number of aliphatic hydroxyl groups is 1. The van der Waals surface area contributed by atoms with Crippen LogP contribution in [0, 0.1) is 5.92 Å². The van der Waals surface area contributed by atoms with E-state index >= 15 is 0 Å². The van der Waals surface area contributed by atoms with Crippen molar-refractivity contribution in [1.82, 2.24) is 16.0 Å². The number of thiophene rings is 1. The Morgan fingerprint density at radius 2 is 1.04 bits per heavy atom. The van der Waals surface area contributed by atoms with Crippen molar-refractivity contribution in [2.75, 3.05) is 11.5 Å². The lowest BCUT2D eigenvalue weighted by Gasteiger charge is -2.37. The summed E-state index contributed by atoms with van der Waals surface area (Å²) in [5.41, 5.74) is 7.18. The summed E-state index contributed by atoms with van der Waals surface area (Å²) in [6, 6.07) is 60.3. The van der Waals surface area contributed by atoms with Gasteiger partial charge in [0.05, 0.1) is 34.5 Å². The molecule has 0 unspecified atom stereocenters. The van der Waals surface area contributed by atoms with E-state index < -0.39 is 69.9 Å². The zero-order chi connectivity index (χ0) is 51.8. The first-order valence-corrected chi connectivity index (χ1v) is 28.0. The fraction of sp³-hybridized carbons (Fsp3) is 0.258. The van der Waals surface area contributed by atoms with Gasteiger partial charge in [-0.15, -0.1) is 23.5 Å². The molecule has 6 aromatic carbocycles. The monoisotopic (exact) mass is 1040 g/mol. The quantitative estimate of drug-likeness (QED) is 0.0307. The molecule has 380 valence electrons. The van der Waals surface area contributed by atoms with Gasteiger partial charge in [0, 0.05) is 12.2 Å². The van der Waals surface area contributed by atoms with Gasteiger partial charge in [-0.2, -0.15) is 11.3 Å². The van der Waals surface area contributed by atoms with Crippen molar-refractivity contribution in [1.29, 1.82) is 0 Å². The van der Waals surface area contributed by atoms with Crippen LogP contribution in [0.1, 0.15) is 72.1 Å². The van der Waals surface area contributed by atoms with Gasteiger partial charge in [-0.05, 0) is 79.9 Å². The highest BCUT2D eigenvalue weighted by Crippen LogP contribution is 2.50. The van der Waals surface area contributed by atoms with E-state index in [4.69, 9.17) is 4.74 Å². The number of esters is 1. The van der Waals surface area contributed by atoms with Crippen LogP contribution in [0.15, 0.2) is 211 Å². The maximum absolute atomic E-state index is 14.8. The summed E-state index contributed by atoms with van der Waals surface area (Å²) >= 11 is 4.78. The zero-order valence-corrected chi connectivity index (χ0v) is 44.1. The summed E-state index contributed by atoms with van der Waals surface area (Å²) in [5.74, 6) is -1.90. The van der Waals surface area contributed by atoms with Crippen LogP contribution in [0.4, 0.5) is 0 Å². The van der Waals surface area contributed by atoms with Gasteiger partial charge in [-0.1, -0.05) is 202 Å². The van der Waals surface area contributed by atoms with Crippen molar-refractivity contribution in [3.8, 4) is 0 Å². The summed E-state index contributed by atoms with van der Waals surface area (Å²) in [7, 11) is 0. The Morgan fingerprint density at radius 1 is 0.595 bits per heavy atom. The number of allylic oxidation sites excluding steroid dienone is 1. The number of cyclic esters (lactones) is 1. The van der Waals surface area contributed by atoms with Crippen molar-refractivity contribution in [3.63, 3.8) is 0 Å². The second kappa shape index (κ2) is 26.0. The molecule has 0 saturated carbocycles. The normalized spacial score (nSPS) is 19.4. The summed E-state index contributed by atoms with van der Waals surface area (Å²) in [5, 5.41) is 24.6. The van der Waals surface area contributed by atoms with Crippen molar-refractivity contribution >= 4 is 58.6 Å². The average Bonchev–Trinajstić information content (AvgIpc) is 3.95. The van der Waals surface area contributed by atoms with Gasteiger partial charge in [0.1, 0.15) is 18.2 Å². The molecule has 2 heterocycles. The minimum atomic E-state index is -1.35. The topological polar surface area (TPSA) is 134 Å². The second-order valence-electron chi connectivity index (χ2n) is 18.7. The molecule has 0 radical (unpaired) electrons. The number of rotatable bonds is 17. The molecule has 12 heteroatoms. The third-order valence-corrected chi connectivity index (χ3v) is 17.2. The van der Waals surface area contributed by atoms with Gasteiger partial charge in [0.15, 0.2) is 0 Å². The number of carbonyl (C=O) groups is 4. The number of aliphatic hydroxyl groups excluding tert-OH is 1.